The van der Waals surface area contributed by atoms with Crippen molar-refractivity contribution in [3.8, 4) is 0 Å². The highest BCUT2D eigenvalue weighted by Gasteiger charge is 2.59. The van der Waals surface area contributed by atoms with E-state index in [0.29, 0.717) is 12.8 Å². The molecular formula is C33H58N2O19S. The number of carboxylic acids is 1. The number of esters is 1. The number of hydrogen-bond acceptors (Lipinski definition) is 20. The molecule has 3 heterocycles. The molecule has 320 valence electrons. The third kappa shape index (κ3) is 12.3. The van der Waals surface area contributed by atoms with Gasteiger partial charge in [0.2, 0.25) is 0 Å². The number of aliphatic carboxylic acids is 1. The van der Waals surface area contributed by atoms with E-state index >= 15 is 0 Å². The smallest absolute Gasteiger partial charge is 0.364 e. The van der Waals surface area contributed by atoms with Gasteiger partial charge in [0.25, 0.3) is 5.79 Å². The van der Waals surface area contributed by atoms with Crippen LogP contribution < -0.4 is 11.1 Å². The molecule has 3 aliphatic heterocycles. The first-order valence-electron chi connectivity index (χ1n) is 18.2. The molecule has 0 unspecified atom stereocenters. The lowest BCUT2D eigenvalue weighted by molar-refractivity contribution is -0.382. The minimum absolute atomic E-state index is 0.210. The molecule has 0 aromatic carbocycles. The van der Waals surface area contributed by atoms with Gasteiger partial charge in [-0.1, -0.05) is 37.9 Å². The van der Waals surface area contributed by atoms with E-state index < -0.39 is 130 Å². The quantitative estimate of drug-likeness (QED) is 0.0295. The van der Waals surface area contributed by atoms with Crippen LogP contribution >= 0.6 is 12.2 Å². The number of aliphatic hydroxyl groups excluding tert-OH is 9. The van der Waals surface area contributed by atoms with Gasteiger partial charge in [0, 0.05) is 19.4 Å². The van der Waals surface area contributed by atoms with Crippen LogP contribution in [0.1, 0.15) is 58.3 Å². The first kappa shape index (κ1) is 47.6. The second kappa shape index (κ2) is 22.4. The van der Waals surface area contributed by atoms with Gasteiger partial charge < -0.3 is 95.3 Å². The van der Waals surface area contributed by atoms with Gasteiger partial charge in [-0.25, -0.2) is 4.79 Å². The molecule has 0 saturated carbocycles. The number of ether oxygens (including phenoxy) is 7. The van der Waals surface area contributed by atoms with Crippen LogP contribution in [0.4, 0.5) is 0 Å². The van der Waals surface area contributed by atoms with E-state index in [1.54, 1.807) is 6.92 Å². The normalized spacial score (nSPS) is 37.9. The topological polar surface area (TPSA) is 339 Å². The van der Waals surface area contributed by atoms with Gasteiger partial charge in [0.05, 0.1) is 44.1 Å². The van der Waals surface area contributed by atoms with Crippen molar-refractivity contribution in [1.29, 1.82) is 0 Å². The zero-order chi connectivity index (χ0) is 41.0. The number of methoxy groups -OCH3 is 1. The Bertz CT molecular complexity index is 1210. The molecule has 0 spiro atoms. The predicted molar refractivity (Wildman–Crippen MR) is 188 cm³/mol. The van der Waals surface area contributed by atoms with Crippen LogP contribution in [0.3, 0.4) is 0 Å². The molecule has 55 heavy (non-hydrogen) atoms. The number of carboxylic acid groups (broad SMARTS) is 1. The first-order chi connectivity index (χ1) is 26.0. The molecule has 0 bridgehead atoms. The third-order valence-corrected chi connectivity index (χ3v) is 9.94. The van der Waals surface area contributed by atoms with E-state index in [0.717, 1.165) is 32.1 Å². The summed E-state index contributed by atoms with van der Waals surface area (Å²) in [5.41, 5.74) is 5.92. The largest absolute Gasteiger partial charge is 0.477 e. The van der Waals surface area contributed by atoms with E-state index in [2.05, 4.69) is 10.1 Å². The third-order valence-electron chi connectivity index (χ3n) is 9.82. The van der Waals surface area contributed by atoms with Crippen LogP contribution in [0, 0.1) is 0 Å². The maximum Gasteiger partial charge on any atom is 0.364 e. The standard InChI is InChI=1S/C33H58N2O19S/c1-15(55)35-22-25(44)27(19(14-38)51-30(22)49-10-8-6-4-3-5-7-9-20(41)48-2)52-31-26(45)29(24(43)18(13-37)50-31)54-33(32(46)47)11-16(39)21(34)28(53-33)23(42)17(40)12-36/h16-19,21-31,36-40,42-45H,3-14,34H2,1-2H3,(H,35,55)(H,46,47)/t16-,17+,18+,19+,21+,22+,23+,24-,25+,26+,27+,28+,29-,30+,31-,33-/m0/s1. The summed E-state index contributed by atoms with van der Waals surface area (Å²) in [6, 6.07) is -2.56. The summed E-state index contributed by atoms with van der Waals surface area (Å²) < 4.78 is 39.2. The second-order valence-corrected chi connectivity index (χ2v) is 14.5. The highest BCUT2D eigenvalue weighted by atomic mass is 32.1. The van der Waals surface area contributed by atoms with Crippen LogP contribution in [0.15, 0.2) is 0 Å². The molecule has 0 aromatic rings. The Labute approximate surface area is 323 Å². The van der Waals surface area contributed by atoms with Crippen molar-refractivity contribution in [2.24, 2.45) is 5.73 Å². The molecule has 0 radical (unpaired) electrons. The van der Waals surface area contributed by atoms with Crippen molar-refractivity contribution in [1.82, 2.24) is 5.32 Å². The molecule has 0 aromatic heterocycles. The maximum absolute atomic E-state index is 12.7. The summed E-state index contributed by atoms with van der Waals surface area (Å²) in [7, 11) is 1.35. The van der Waals surface area contributed by atoms with Crippen molar-refractivity contribution in [3.63, 3.8) is 0 Å². The summed E-state index contributed by atoms with van der Waals surface area (Å²) in [4.78, 5) is 24.1. The number of unbranched alkanes of at least 4 members (excludes halogenated alkanes) is 5. The predicted octanol–water partition coefficient (Wildman–Crippen LogP) is -4.53. The van der Waals surface area contributed by atoms with E-state index in [1.165, 1.54) is 7.11 Å². The van der Waals surface area contributed by atoms with Gasteiger partial charge in [-0.3, -0.25) is 4.79 Å². The van der Waals surface area contributed by atoms with Crippen molar-refractivity contribution >= 4 is 29.1 Å². The summed E-state index contributed by atoms with van der Waals surface area (Å²) in [6.07, 6.45) is -18.4. The van der Waals surface area contributed by atoms with E-state index in [-0.39, 0.29) is 17.6 Å². The zero-order valence-electron chi connectivity index (χ0n) is 30.8. The molecule has 3 rings (SSSR count). The van der Waals surface area contributed by atoms with Gasteiger partial charge in [0.1, 0.15) is 67.1 Å². The Kier molecular flexibility index (Phi) is 19.3. The lowest BCUT2D eigenvalue weighted by atomic mass is 9.88. The molecule has 3 fully saturated rings. The van der Waals surface area contributed by atoms with Crippen molar-refractivity contribution < 1.29 is 93.8 Å². The van der Waals surface area contributed by atoms with Gasteiger partial charge in [0.15, 0.2) is 12.6 Å². The maximum atomic E-state index is 12.7. The minimum atomic E-state index is -2.94. The number of carbonyl (C=O) groups is 2. The van der Waals surface area contributed by atoms with Crippen LogP contribution in [0.2, 0.25) is 0 Å². The first-order valence-corrected chi connectivity index (χ1v) is 18.6. The molecule has 0 aliphatic carbocycles. The number of nitrogens with one attached hydrogen (secondary N) is 1. The van der Waals surface area contributed by atoms with Crippen molar-refractivity contribution in [3.05, 3.63) is 0 Å². The molecule has 0 amide bonds. The number of carbonyl (C=O) groups excluding carboxylic acids is 1. The molecule has 3 aliphatic rings. The fourth-order valence-corrected chi connectivity index (χ4v) is 6.83. The van der Waals surface area contributed by atoms with E-state index in [9.17, 15) is 60.7 Å². The Hall–Kier alpha value is -1.81. The van der Waals surface area contributed by atoms with Gasteiger partial charge in [-0.15, -0.1) is 0 Å². The summed E-state index contributed by atoms with van der Waals surface area (Å²) in [6.45, 7) is -0.888. The molecule has 16 atom stereocenters. The van der Waals surface area contributed by atoms with Crippen molar-refractivity contribution in [2.45, 2.75) is 156 Å². The molecule has 3 saturated heterocycles. The van der Waals surface area contributed by atoms with Gasteiger partial charge in [-0.2, -0.15) is 0 Å². The number of nitrogens with two attached hydrogens (primary N) is 1. The van der Waals surface area contributed by atoms with Gasteiger partial charge in [-0.05, 0) is 19.8 Å². The highest BCUT2D eigenvalue weighted by molar-refractivity contribution is 7.80. The fourth-order valence-electron chi connectivity index (χ4n) is 6.69. The number of aliphatic hydroxyl groups is 9. The molecular weight excluding hydrogens is 760 g/mol. The Morgan fingerprint density at radius 1 is 0.909 bits per heavy atom. The molecule has 13 N–H and O–H groups in total. The second-order valence-electron chi connectivity index (χ2n) is 13.9. The summed E-state index contributed by atoms with van der Waals surface area (Å²) >= 11 is 5.20. The average molecular weight is 819 g/mol. The van der Waals surface area contributed by atoms with Crippen LogP contribution in [0.25, 0.3) is 0 Å². The number of hydrogen-bond donors (Lipinski definition) is 12. The number of rotatable bonds is 21. The minimum Gasteiger partial charge on any atom is -0.477 e. The van der Waals surface area contributed by atoms with Crippen LogP contribution in [-0.4, -0.2) is 199 Å². The highest BCUT2D eigenvalue weighted by Crippen LogP contribution is 2.38. The zero-order valence-corrected chi connectivity index (χ0v) is 31.6. The van der Waals surface area contributed by atoms with Crippen LogP contribution in [-0.2, 0) is 42.7 Å². The average Bonchev–Trinajstić information content (AvgIpc) is 3.15. The monoisotopic (exact) mass is 818 g/mol. The Morgan fingerprint density at radius 3 is 2.11 bits per heavy atom. The fraction of sp³-hybridized carbons (Fsp3) is 0.909. The Balaban J connectivity index is 1.75. The van der Waals surface area contributed by atoms with E-state index in [1.807, 2.05) is 0 Å². The van der Waals surface area contributed by atoms with E-state index in [4.69, 9.17) is 46.4 Å². The summed E-state index contributed by atoms with van der Waals surface area (Å²) in [5, 5.41) is 108. The molecule has 21 nitrogen and oxygen atoms in total. The van der Waals surface area contributed by atoms with Crippen LogP contribution in [0.5, 0.6) is 0 Å². The van der Waals surface area contributed by atoms with Crippen molar-refractivity contribution in [2.75, 3.05) is 33.5 Å². The molecule has 22 heteroatoms. The summed E-state index contributed by atoms with van der Waals surface area (Å²) in [5.74, 6) is -5.09. The lowest BCUT2D eigenvalue weighted by Crippen LogP contribution is -2.70. The number of thiocarbonyl (C=S) groups is 1. The SMILES string of the molecule is COC(=O)CCCCCCCCO[C@@H]1O[C@H](CO)[C@@H](O[C@@H]2O[C@H](CO)[C@H](O)[C@H](O[C@]3(C(=O)O)C[C@H](O)[C@@H](N)[C@H]([C@H](O)[C@H](O)CO)O3)[C@H]2O)[C@H](O)[C@H]1NC(C)=S. The Morgan fingerprint density at radius 2 is 1.53 bits per heavy atom. The van der Waals surface area contributed by atoms with Gasteiger partial charge >= 0.3 is 11.9 Å². The lowest BCUT2D eigenvalue weighted by Gasteiger charge is -2.50.